The first-order valence-corrected chi connectivity index (χ1v) is 10.1. The first-order valence-electron chi connectivity index (χ1n) is 10.1. The molecule has 0 unspecified atom stereocenters. The van der Waals surface area contributed by atoms with Gasteiger partial charge in [0.25, 0.3) is 5.91 Å². The van der Waals surface area contributed by atoms with Crippen LogP contribution >= 0.6 is 0 Å². The van der Waals surface area contributed by atoms with Crippen molar-refractivity contribution in [3.63, 3.8) is 0 Å². The van der Waals surface area contributed by atoms with Gasteiger partial charge in [0.1, 0.15) is 5.82 Å². The molecule has 0 atom stereocenters. The smallest absolute Gasteiger partial charge is 0.259 e. The fraction of sp³-hybridized carbons (Fsp3) is 0.217. The van der Waals surface area contributed by atoms with Crippen LogP contribution in [0.25, 0.3) is 17.1 Å². The number of aryl methyl sites for hydroxylation is 2. The van der Waals surface area contributed by atoms with Crippen LogP contribution in [0, 0.1) is 6.92 Å². The Hall–Kier alpha value is -3.74. The second kappa shape index (κ2) is 7.59. The molecule has 3 heterocycles. The molecular formula is C23H22N6O. The van der Waals surface area contributed by atoms with Crippen LogP contribution in [0.1, 0.15) is 34.7 Å². The Bertz CT molecular complexity index is 1190. The number of anilines is 1. The maximum atomic E-state index is 12.8. The van der Waals surface area contributed by atoms with Crippen molar-refractivity contribution in [3.8, 4) is 17.1 Å². The number of hydrogen-bond acceptors (Lipinski definition) is 4. The van der Waals surface area contributed by atoms with Gasteiger partial charge >= 0.3 is 0 Å². The molecule has 150 valence electrons. The number of amides is 1. The summed E-state index contributed by atoms with van der Waals surface area (Å²) in [4.78, 5) is 12.8. The molecule has 1 N–H and O–H groups in total. The molecule has 0 fully saturated rings. The SMILES string of the molecule is Cc1nn(-c2ccccc2)cc1C(=O)Nc1ccc(-c2nnc3n2CCCC3)cc1. The predicted octanol–water partition coefficient (Wildman–Crippen LogP) is 4.03. The number of fused-ring (bicyclic) bond motifs is 1. The predicted molar refractivity (Wildman–Crippen MR) is 115 cm³/mol. The van der Waals surface area contributed by atoms with Crippen LogP contribution in [-0.2, 0) is 13.0 Å². The first kappa shape index (κ1) is 18.3. The van der Waals surface area contributed by atoms with E-state index in [1.165, 1.54) is 6.42 Å². The van der Waals surface area contributed by atoms with Crippen molar-refractivity contribution in [2.24, 2.45) is 0 Å². The monoisotopic (exact) mass is 398 g/mol. The Morgan fingerprint density at radius 3 is 2.60 bits per heavy atom. The minimum atomic E-state index is -0.178. The molecule has 1 aliphatic rings. The van der Waals surface area contributed by atoms with E-state index in [9.17, 15) is 4.79 Å². The van der Waals surface area contributed by atoms with E-state index in [0.717, 1.165) is 48.0 Å². The number of carbonyl (C=O) groups excluding carboxylic acids is 1. The van der Waals surface area contributed by atoms with Gasteiger partial charge in [0.2, 0.25) is 0 Å². The Kier molecular flexibility index (Phi) is 4.63. The summed E-state index contributed by atoms with van der Waals surface area (Å²) in [6.45, 7) is 2.80. The maximum Gasteiger partial charge on any atom is 0.259 e. The highest BCUT2D eigenvalue weighted by atomic mass is 16.1. The van der Waals surface area contributed by atoms with Crippen LogP contribution in [0.15, 0.2) is 60.8 Å². The summed E-state index contributed by atoms with van der Waals surface area (Å²) < 4.78 is 3.92. The molecule has 0 bridgehead atoms. The maximum absolute atomic E-state index is 12.8. The summed E-state index contributed by atoms with van der Waals surface area (Å²) in [5.41, 5.74) is 3.88. The molecule has 0 aliphatic carbocycles. The molecule has 30 heavy (non-hydrogen) atoms. The molecule has 0 spiro atoms. The van der Waals surface area contributed by atoms with Crippen LogP contribution in [0.3, 0.4) is 0 Å². The fourth-order valence-corrected chi connectivity index (χ4v) is 3.82. The molecule has 2 aromatic carbocycles. The zero-order valence-electron chi connectivity index (χ0n) is 16.7. The summed E-state index contributed by atoms with van der Waals surface area (Å²) in [5.74, 6) is 1.77. The van der Waals surface area contributed by atoms with Crippen molar-refractivity contribution in [3.05, 3.63) is 77.9 Å². The third-order valence-electron chi connectivity index (χ3n) is 5.42. The van der Waals surface area contributed by atoms with E-state index in [4.69, 9.17) is 0 Å². The summed E-state index contributed by atoms with van der Waals surface area (Å²) in [7, 11) is 0. The van der Waals surface area contributed by atoms with Gasteiger partial charge < -0.3 is 9.88 Å². The lowest BCUT2D eigenvalue weighted by molar-refractivity contribution is 0.102. The highest BCUT2D eigenvalue weighted by Gasteiger charge is 2.18. The number of hydrogen-bond donors (Lipinski definition) is 1. The second-order valence-corrected chi connectivity index (χ2v) is 7.49. The van der Waals surface area contributed by atoms with Gasteiger partial charge in [0, 0.05) is 30.4 Å². The van der Waals surface area contributed by atoms with Gasteiger partial charge in [-0.25, -0.2) is 4.68 Å². The number of benzene rings is 2. The second-order valence-electron chi connectivity index (χ2n) is 7.49. The van der Waals surface area contributed by atoms with Crippen molar-refractivity contribution in [2.45, 2.75) is 32.7 Å². The van der Waals surface area contributed by atoms with Gasteiger partial charge in [0.05, 0.1) is 16.9 Å². The topological polar surface area (TPSA) is 77.6 Å². The highest BCUT2D eigenvalue weighted by Crippen LogP contribution is 2.24. The van der Waals surface area contributed by atoms with Gasteiger partial charge in [-0.15, -0.1) is 10.2 Å². The lowest BCUT2D eigenvalue weighted by Gasteiger charge is -2.14. The number of para-hydroxylation sites is 1. The minimum Gasteiger partial charge on any atom is -0.322 e. The van der Waals surface area contributed by atoms with Crippen molar-refractivity contribution in [2.75, 3.05) is 5.32 Å². The molecule has 0 saturated carbocycles. The Labute approximate surface area is 174 Å². The van der Waals surface area contributed by atoms with Crippen molar-refractivity contribution in [1.82, 2.24) is 24.5 Å². The molecule has 4 aromatic rings. The molecule has 2 aromatic heterocycles. The summed E-state index contributed by atoms with van der Waals surface area (Å²) in [6, 6.07) is 17.5. The third-order valence-corrected chi connectivity index (χ3v) is 5.42. The number of carbonyl (C=O) groups is 1. The van der Waals surface area contributed by atoms with Crippen LogP contribution < -0.4 is 5.32 Å². The van der Waals surface area contributed by atoms with E-state index in [1.54, 1.807) is 10.9 Å². The fourth-order valence-electron chi connectivity index (χ4n) is 3.82. The molecule has 7 heteroatoms. The highest BCUT2D eigenvalue weighted by molar-refractivity contribution is 6.05. The molecule has 0 radical (unpaired) electrons. The molecule has 1 aliphatic heterocycles. The summed E-state index contributed by atoms with van der Waals surface area (Å²) in [5, 5.41) is 16.1. The van der Waals surface area contributed by atoms with E-state index < -0.39 is 0 Å². The van der Waals surface area contributed by atoms with Crippen LogP contribution in [0.5, 0.6) is 0 Å². The molecular weight excluding hydrogens is 376 g/mol. The van der Waals surface area contributed by atoms with Gasteiger partial charge in [-0.2, -0.15) is 5.10 Å². The summed E-state index contributed by atoms with van der Waals surface area (Å²) >= 11 is 0. The standard InChI is InChI=1S/C23H22N6O/c1-16-20(15-29(27-16)19-7-3-2-4-8-19)23(30)24-18-12-10-17(11-13-18)22-26-25-21-9-5-6-14-28(21)22/h2-4,7-8,10-13,15H,5-6,9,14H2,1H3,(H,24,30). The number of aromatic nitrogens is 5. The molecule has 0 saturated heterocycles. The number of nitrogens with one attached hydrogen (secondary N) is 1. The number of rotatable bonds is 4. The molecule has 5 rings (SSSR count). The van der Waals surface area contributed by atoms with Crippen LogP contribution in [-0.4, -0.2) is 30.5 Å². The van der Waals surface area contributed by atoms with Crippen LogP contribution in [0.2, 0.25) is 0 Å². The Morgan fingerprint density at radius 1 is 1.00 bits per heavy atom. The van der Waals surface area contributed by atoms with Gasteiger partial charge in [-0.05, 0) is 56.2 Å². The summed E-state index contributed by atoms with van der Waals surface area (Å²) in [6.07, 6.45) is 5.07. The zero-order chi connectivity index (χ0) is 20.5. The van der Waals surface area contributed by atoms with Crippen molar-refractivity contribution in [1.29, 1.82) is 0 Å². The van der Waals surface area contributed by atoms with Gasteiger partial charge in [0.15, 0.2) is 5.82 Å². The van der Waals surface area contributed by atoms with Crippen molar-refractivity contribution < 1.29 is 4.79 Å². The Morgan fingerprint density at radius 2 is 1.80 bits per heavy atom. The van der Waals surface area contributed by atoms with Crippen molar-refractivity contribution >= 4 is 11.6 Å². The van der Waals surface area contributed by atoms with E-state index >= 15 is 0 Å². The molecule has 1 amide bonds. The van der Waals surface area contributed by atoms with Gasteiger partial charge in [-0.1, -0.05) is 18.2 Å². The quantitative estimate of drug-likeness (QED) is 0.563. The largest absolute Gasteiger partial charge is 0.322 e. The average Bonchev–Trinajstić information content (AvgIpc) is 3.39. The van der Waals surface area contributed by atoms with Crippen LogP contribution in [0.4, 0.5) is 5.69 Å². The average molecular weight is 398 g/mol. The molecule has 7 nitrogen and oxygen atoms in total. The first-order chi connectivity index (χ1) is 14.7. The normalized spacial score (nSPS) is 13.1. The third kappa shape index (κ3) is 3.39. The van der Waals surface area contributed by atoms with E-state index in [-0.39, 0.29) is 5.91 Å². The minimum absolute atomic E-state index is 0.178. The van der Waals surface area contributed by atoms with Gasteiger partial charge in [-0.3, -0.25) is 4.79 Å². The zero-order valence-corrected chi connectivity index (χ0v) is 16.7. The van der Waals surface area contributed by atoms with E-state index in [1.807, 2.05) is 61.5 Å². The van der Waals surface area contributed by atoms with E-state index in [0.29, 0.717) is 11.3 Å². The Balaban J connectivity index is 1.34. The lowest BCUT2D eigenvalue weighted by atomic mass is 10.1. The number of nitrogens with zero attached hydrogens (tertiary/aromatic N) is 5. The van der Waals surface area contributed by atoms with E-state index in [2.05, 4.69) is 25.2 Å². The lowest BCUT2D eigenvalue weighted by Crippen LogP contribution is -2.12.